The second kappa shape index (κ2) is 5.27. The van der Waals surface area contributed by atoms with Gasteiger partial charge in [-0.15, -0.1) is 0 Å². The topological polar surface area (TPSA) is 55.6 Å². The molecule has 0 radical (unpaired) electrons. The highest BCUT2D eigenvalue weighted by atomic mass is 79.9. The Bertz CT molecular complexity index is 508. The standard InChI is InChI=1S/C11H14BrN5/c1-8-9(12)3-4-10(15-8)13-6-5-11-14-7-17(2)16-11/h3-4,7H,5-6H2,1-2H3,(H,13,15). The number of nitrogens with one attached hydrogen (secondary N) is 1. The Hall–Kier alpha value is -1.43. The highest BCUT2D eigenvalue weighted by Gasteiger charge is 2.01. The van der Waals surface area contributed by atoms with Gasteiger partial charge in [-0.05, 0) is 35.0 Å². The smallest absolute Gasteiger partial charge is 0.152 e. The van der Waals surface area contributed by atoms with Gasteiger partial charge in [0.05, 0.1) is 5.69 Å². The van der Waals surface area contributed by atoms with Crippen molar-refractivity contribution < 1.29 is 0 Å². The van der Waals surface area contributed by atoms with Crippen LogP contribution in [0.15, 0.2) is 22.9 Å². The zero-order valence-electron chi connectivity index (χ0n) is 9.81. The largest absolute Gasteiger partial charge is 0.370 e. The maximum atomic E-state index is 4.41. The number of halogens is 1. The van der Waals surface area contributed by atoms with Gasteiger partial charge in [0, 0.05) is 24.5 Å². The molecule has 2 rings (SSSR count). The Kier molecular flexibility index (Phi) is 3.73. The molecule has 1 N–H and O–H groups in total. The van der Waals surface area contributed by atoms with Crippen molar-refractivity contribution >= 4 is 21.7 Å². The quantitative estimate of drug-likeness (QED) is 0.936. The van der Waals surface area contributed by atoms with Crippen molar-refractivity contribution in [1.82, 2.24) is 19.7 Å². The molecule has 2 aromatic rings. The van der Waals surface area contributed by atoms with Gasteiger partial charge in [0.2, 0.25) is 0 Å². The predicted octanol–water partition coefficient (Wildman–Crippen LogP) is 1.94. The first kappa shape index (κ1) is 12.0. The van der Waals surface area contributed by atoms with Crippen molar-refractivity contribution in [2.75, 3.05) is 11.9 Å². The minimum Gasteiger partial charge on any atom is -0.370 e. The van der Waals surface area contributed by atoms with Gasteiger partial charge < -0.3 is 5.32 Å². The zero-order chi connectivity index (χ0) is 12.3. The van der Waals surface area contributed by atoms with Crippen molar-refractivity contribution in [3.05, 3.63) is 34.5 Å². The summed E-state index contributed by atoms with van der Waals surface area (Å²) >= 11 is 3.42. The van der Waals surface area contributed by atoms with E-state index in [9.17, 15) is 0 Å². The second-order valence-corrected chi connectivity index (χ2v) is 4.63. The Balaban J connectivity index is 1.87. The van der Waals surface area contributed by atoms with E-state index in [1.165, 1.54) is 0 Å². The Labute approximate surface area is 108 Å². The molecule has 5 nitrogen and oxygen atoms in total. The monoisotopic (exact) mass is 295 g/mol. The van der Waals surface area contributed by atoms with Gasteiger partial charge >= 0.3 is 0 Å². The van der Waals surface area contributed by atoms with E-state index in [0.29, 0.717) is 0 Å². The Morgan fingerprint density at radius 1 is 1.41 bits per heavy atom. The fourth-order valence-electron chi connectivity index (χ4n) is 1.44. The van der Waals surface area contributed by atoms with Gasteiger partial charge in [-0.25, -0.2) is 9.97 Å². The lowest BCUT2D eigenvalue weighted by Gasteiger charge is -2.05. The molecule has 0 bridgehead atoms. The molecule has 90 valence electrons. The third-order valence-electron chi connectivity index (χ3n) is 2.32. The van der Waals surface area contributed by atoms with Crippen LogP contribution >= 0.6 is 15.9 Å². The maximum absolute atomic E-state index is 4.41. The fourth-order valence-corrected chi connectivity index (χ4v) is 1.66. The summed E-state index contributed by atoms with van der Waals surface area (Å²) < 4.78 is 2.73. The molecule has 0 saturated carbocycles. The molecule has 17 heavy (non-hydrogen) atoms. The first-order chi connectivity index (χ1) is 8.15. The molecule has 0 atom stereocenters. The van der Waals surface area contributed by atoms with Crippen molar-refractivity contribution in [2.24, 2.45) is 7.05 Å². The van der Waals surface area contributed by atoms with E-state index >= 15 is 0 Å². The van der Waals surface area contributed by atoms with E-state index in [4.69, 9.17) is 0 Å². The molecule has 0 spiro atoms. The molecule has 2 heterocycles. The van der Waals surface area contributed by atoms with Gasteiger partial charge in [0.15, 0.2) is 5.82 Å². The van der Waals surface area contributed by atoms with Gasteiger partial charge in [0.1, 0.15) is 12.1 Å². The van der Waals surface area contributed by atoms with E-state index in [0.717, 1.165) is 34.8 Å². The van der Waals surface area contributed by atoms with E-state index in [1.807, 2.05) is 26.1 Å². The van der Waals surface area contributed by atoms with E-state index in [2.05, 4.69) is 36.3 Å². The summed E-state index contributed by atoms with van der Waals surface area (Å²) in [6, 6.07) is 3.94. The zero-order valence-corrected chi connectivity index (χ0v) is 11.4. The first-order valence-corrected chi connectivity index (χ1v) is 6.16. The van der Waals surface area contributed by atoms with Crippen LogP contribution in [-0.4, -0.2) is 26.3 Å². The third kappa shape index (κ3) is 3.26. The number of hydrogen-bond donors (Lipinski definition) is 1. The second-order valence-electron chi connectivity index (χ2n) is 3.77. The molecule has 0 aromatic carbocycles. The van der Waals surface area contributed by atoms with Crippen LogP contribution in [0, 0.1) is 6.92 Å². The molecule has 0 fully saturated rings. The molecule has 0 aliphatic rings. The minimum absolute atomic E-state index is 0.776. The lowest BCUT2D eigenvalue weighted by atomic mass is 10.3. The summed E-state index contributed by atoms with van der Waals surface area (Å²) in [6.45, 7) is 2.74. The van der Waals surface area contributed by atoms with Crippen LogP contribution in [0.5, 0.6) is 0 Å². The molecular formula is C11H14BrN5. The first-order valence-electron chi connectivity index (χ1n) is 5.36. The molecule has 0 unspecified atom stereocenters. The number of pyridine rings is 1. The van der Waals surface area contributed by atoms with E-state index < -0.39 is 0 Å². The van der Waals surface area contributed by atoms with Crippen molar-refractivity contribution in [1.29, 1.82) is 0 Å². The van der Waals surface area contributed by atoms with Crippen LogP contribution in [0.25, 0.3) is 0 Å². The molecular weight excluding hydrogens is 282 g/mol. The van der Waals surface area contributed by atoms with Crippen molar-refractivity contribution in [3.63, 3.8) is 0 Å². The summed E-state index contributed by atoms with van der Waals surface area (Å²) in [4.78, 5) is 8.57. The lowest BCUT2D eigenvalue weighted by Crippen LogP contribution is -2.08. The highest BCUT2D eigenvalue weighted by Crippen LogP contribution is 2.15. The maximum Gasteiger partial charge on any atom is 0.152 e. The van der Waals surface area contributed by atoms with Crippen LogP contribution < -0.4 is 5.32 Å². The number of anilines is 1. The van der Waals surface area contributed by atoms with Crippen LogP contribution in [0.1, 0.15) is 11.5 Å². The van der Waals surface area contributed by atoms with Gasteiger partial charge in [-0.3, -0.25) is 4.68 Å². The van der Waals surface area contributed by atoms with Crippen LogP contribution in [0.2, 0.25) is 0 Å². The van der Waals surface area contributed by atoms with Crippen LogP contribution in [0.3, 0.4) is 0 Å². The van der Waals surface area contributed by atoms with Gasteiger partial charge in [0.25, 0.3) is 0 Å². The summed E-state index contributed by atoms with van der Waals surface area (Å²) in [6.07, 6.45) is 2.50. The number of aryl methyl sites for hydroxylation is 2. The Morgan fingerprint density at radius 3 is 2.88 bits per heavy atom. The minimum atomic E-state index is 0.776. The normalized spacial score (nSPS) is 10.5. The molecule has 0 saturated heterocycles. The molecule has 0 aliphatic carbocycles. The number of aromatic nitrogens is 4. The highest BCUT2D eigenvalue weighted by molar-refractivity contribution is 9.10. The lowest BCUT2D eigenvalue weighted by molar-refractivity contribution is 0.741. The summed E-state index contributed by atoms with van der Waals surface area (Å²) in [5.41, 5.74) is 0.978. The third-order valence-corrected chi connectivity index (χ3v) is 3.16. The number of hydrogen-bond acceptors (Lipinski definition) is 4. The van der Waals surface area contributed by atoms with Crippen molar-refractivity contribution in [2.45, 2.75) is 13.3 Å². The fraction of sp³-hybridized carbons (Fsp3) is 0.364. The van der Waals surface area contributed by atoms with Crippen LogP contribution in [0.4, 0.5) is 5.82 Å². The Morgan fingerprint density at radius 2 is 2.24 bits per heavy atom. The number of nitrogens with zero attached hydrogens (tertiary/aromatic N) is 4. The average Bonchev–Trinajstić information content (AvgIpc) is 2.70. The number of rotatable bonds is 4. The summed E-state index contributed by atoms with van der Waals surface area (Å²) in [5.74, 6) is 1.72. The molecule has 0 aliphatic heterocycles. The molecule has 2 aromatic heterocycles. The predicted molar refractivity (Wildman–Crippen MR) is 69.9 cm³/mol. The van der Waals surface area contributed by atoms with Crippen molar-refractivity contribution in [3.8, 4) is 0 Å². The van der Waals surface area contributed by atoms with Gasteiger partial charge in [-0.2, -0.15) is 5.10 Å². The molecule has 0 amide bonds. The van der Waals surface area contributed by atoms with E-state index in [-0.39, 0.29) is 0 Å². The van der Waals surface area contributed by atoms with E-state index in [1.54, 1.807) is 11.0 Å². The van der Waals surface area contributed by atoms with Gasteiger partial charge in [-0.1, -0.05) is 0 Å². The summed E-state index contributed by atoms with van der Waals surface area (Å²) in [7, 11) is 1.86. The summed E-state index contributed by atoms with van der Waals surface area (Å²) in [5, 5.41) is 7.46. The molecule has 6 heteroatoms. The van der Waals surface area contributed by atoms with Crippen LogP contribution in [-0.2, 0) is 13.5 Å². The average molecular weight is 296 g/mol. The SMILES string of the molecule is Cc1nc(NCCc2ncn(C)n2)ccc1Br.